The van der Waals surface area contributed by atoms with E-state index in [4.69, 9.17) is 0 Å². The summed E-state index contributed by atoms with van der Waals surface area (Å²) in [6.45, 7) is 1.91. The van der Waals surface area contributed by atoms with E-state index in [1.54, 1.807) is 0 Å². The Bertz CT molecular complexity index is 911. The number of carbonyl (C=O) groups excluding carboxylic acids is 2. The number of hydrogen-bond donors (Lipinski definition) is 0. The third-order valence-corrected chi connectivity index (χ3v) is 9.84. The summed E-state index contributed by atoms with van der Waals surface area (Å²) in [5.74, 6) is -0.226. The fraction of sp³-hybridized carbons (Fsp3) is 0.160. The number of benzene rings is 3. The van der Waals surface area contributed by atoms with Gasteiger partial charge in [-0.25, -0.2) is 0 Å². The second kappa shape index (κ2) is 9.54. The van der Waals surface area contributed by atoms with Crippen molar-refractivity contribution in [2.45, 2.75) is 20.3 Å². The van der Waals surface area contributed by atoms with Gasteiger partial charge in [0.1, 0.15) is 0 Å². The van der Waals surface area contributed by atoms with Gasteiger partial charge in [-0.3, -0.25) is 14.5 Å². The minimum atomic E-state index is -2.08. The maximum absolute atomic E-state index is 11.7. The topological polar surface area (TPSA) is 37.4 Å². The van der Waals surface area contributed by atoms with E-state index in [2.05, 4.69) is 79.7 Å². The van der Waals surface area contributed by atoms with Crippen LogP contribution in [0.15, 0.2) is 91.0 Å². The van der Waals surface area contributed by atoms with Gasteiger partial charge in [-0.15, -0.1) is 0 Å². The molecule has 2 amide bonds. The van der Waals surface area contributed by atoms with E-state index in [1.807, 2.05) is 18.2 Å². The van der Waals surface area contributed by atoms with Gasteiger partial charge in [-0.1, -0.05) is 96.3 Å². The number of hydrogen-bond acceptors (Lipinski definition) is 2. The van der Waals surface area contributed by atoms with E-state index in [9.17, 15) is 9.59 Å². The molecule has 29 heavy (non-hydrogen) atoms. The lowest BCUT2D eigenvalue weighted by Gasteiger charge is -2.32. The van der Waals surface area contributed by atoms with Crippen molar-refractivity contribution in [2.75, 3.05) is 6.54 Å². The number of imide groups is 1. The van der Waals surface area contributed by atoms with Gasteiger partial charge in [0, 0.05) is 13.5 Å². The molecule has 0 aromatic heterocycles. The summed E-state index contributed by atoms with van der Waals surface area (Å²) in [5, 5.41) is 5.11. The molecule has 4 heteroatoms. The van der Waals surface area contributed by atoms with E-state index in [-0.39, 0.29) is 5.91 Å². The van der Waals surface area contributed by atoms with Crippen molar-refractivity contribution in [3.8, 4) is 0 Å². The van der Waals surface area contributed by atoms with Crippen LogP contribution >= 0.6 is 6.89 Å². The Balaban J connectivity index is 2.30. The molecule has 0 spiro atoms. The molecule has 148 valence electrons. The highest BCUT2D eigenvalue weighted by molar-refractivity contribution is 7.95. The largest absolute Gasteiger partial charge is 0.285 e. The van der Waals surface area contributed by atoms with E-state index in [1.165, 1.54) is 33.0 Å². The van der Waals surface area contributed by atoms with Crippen LogP contribution in [0.1, 0.15) is 20.3 Å². The van der Waals surface area contributed by atoms with Gasteiger partial charge in [0.25, 0.3) is 0 Å². The molecule has 0 bridgehead atoms. The molecule has 3 aromatic carbocycles. The van der Waals surface area contributed by atoms with Crippen LogP contribution in [0.4, 0.5) is 0 Å². The van der Waals surface area contributed by atoms with Crippen LogP contribution in [0.25, 0.3) is 0 Å². The Morgan fingerprint density at radius 1 is 0.759 bits per heavy atom. The molecule has 0 heterocycles. The Hall–Kier alpha value is -2.90. The molecule has 0 aliphatic rings. The minimum Gasteiger partial charge on any atom is -0.285 e. The Labute approximate surface area is 173 Å². The highest BCUT2D eigenvalue weighted by Gasteiger charge is 2.27. The summed E-state index contributed by atoms with van der Waals surface area (Å²) in [5.41, 5.74) is 0. The lowest BCUT2D eigenvalue weighted by Crippen LogP contribution is -2.33. The number of nitrogens with zero attached hydrogens (tertiary/aromatic N) is 1. The molecule has 3 aromatic rings. The van der Waals surface area contributed by atoms with Crippen LogP contribution in [0.3, 0.4) is 0 Å². The fourth-order valence-electron chi connectivity index (χ4n) is 3.80. The van der Waals surface area contributed by atoms with Crippen LogP contribution in [0.5, 0.6) is 0 Å². The first-order chi connectivity index (χ1) is 14.1. The van der Waals surface area contributed by atoms with Gasteiger partial charge < -0.3 is 0 Å². The molecule has 0 saturated carbocycles. The molecule has 0 aliphatic heterocycles. The summed E-state index contributed by atoms with van der Waals surface area (Å²) < 4.78 is 0. The van der Waals surface area contributed by atoms with Crippen molar-refractivity contribution >= 4 is 40.4 Å². The number of rotatable bonds is 7. The summed E-state index contributed by atoms with van der Waals surface area (Å²) in [6, 6.07) is 31.7. The lowest BCUT2D eigenvalue weighted by atomic mass is 10.3. The molecule has 0 N–H and O–H groups in total. The lowest BCUT2D eigenvalue weighted by molar-refractivity contribution is -0.136. The van der Waals surface area contributed by atoms with Crippen LogP contribution in [-0.4, -0.2) is 29.1 Å². The summed E-state index contributed by atoms with van der Waals surface area (Å²) >= 11 is 0. The number of amides is 2. The monoisotopic (exact) mass is 403 g/mol. The second-order valence-electron chi connectivity index (χ2n) is 6.98. The molecule has 0 radical (unpaired) electrons. The highest BCUT2D eigenvalue weighted by atomic mass is 31.2. The predicted octanol–water partition coefficient (Wildman–Crippen LogP) is 3.57. The summed E-state index contributed by atoms with van der Waals surface area (Å²) in [6.07, 6.45) is 1.29. The third kappa shape index (κ3) is 4.26. The molecule has 0 atom stereocenters. The van der Waals surface area contributed by atoms with Crippen molar-refractivity contribution < 1.29 is 9.59 Å². The van der Waals surface area contributed by atoms with Gasteiger partial charge in [0.15, 0.2) is 0 Å². The molecule has 0 unspecified atom stereocenters. The second-order valence-corrected chi connectivity index (χ2v) is 10.6. The van der Waals surface area contributed by atoms with Crippen LogP contribution in [0.2, 0.25) is 0 Å². The van der Waals surface area contributed by atoms with Crippen molar-refractivity contribution in [1.82, 2.24) is 4.90 Å². The van der Waals surface area contributed by atoms with E-state index in [0.29, 0.717) is 19.4 Å². The van der Waals surface area contributed by atoms with Gasteiger partial charge in [0.05, 0.1) is 0 Å². The summed E-state index contributed by atoms with van der Waals surface area (Å²) in [7, 11) is 0. The first kappa shape index (κ1) is 20.8. The average molecular weight is 403 g/mol. The van der Waals surface area contributed by atoms with Gasteiger partial charge >= 0.3 is 0 Å². The fourth-order valence-corrected chi connectivity index (χ4v) is 8.31. The minimum absolute atomic E-state index is 0.226. The highest BCUT2D eigenvalue weighted by Crippen LogP contribution is 2.46. The molecule has 0 fully saturated rings. The van der Waals surface area contributed by atoms with Crippen molar-refractivity contribution in [3.63, 3.8) is 0 Å². The maximum atomic E-state index is 11.7. The molecule has 3 nitrogen and oxygen atoms in total. The normalized spacial score (nSPS) is 11.0. The van der Waals surface area contributed by atoms with Crippen LogP contribution in [0, 0.1) is 0 Å². The molecule has 3 rings (SSSR count). The first-order valence-corrected chi connectivity index (χ1v) is 11.5. The standard InChI is InChI=1S/C25H26NO2P/c1-21(18-19-26(20-27)22(2)28)29(23-12-6-3-7-13-23,24-14-8-4-9-15-24)25-16-10-5-11-17-25/h3-17,20H,18-19H2,1-2H3. The Morgan fingerprint density at radius 3 is 1.45 bits per heavy atom. The Morgan fingerprint density at radius 2 is 1.14 bits per heavy atom. The number of carbonyl (C=O) groups is 2. The quantitative estimate of drug-likeness (QED) is 0.447. The molecular weight excluding hydrogens is 377 g/mol. The van der Waals surface area contributed by atoms with Crippen molar-refractivity contribution in [1.29, 1.82) is 0 Å². The molecule has 0 aliphatic carbocycles. The van der Waals surface area contributed by atoms with E-state index in [0.717, 1.165) is 0 Å². The molecular formula is C25H26NO2P. The van der Waals surface area contributed by atoms with Crippen molar-refractivity contribution in [3.05, 3.63) is 91.0 Å². The van der Waals surface area contributed by atoms with Gasteiger partial charge in [-0.05, 0) is 36.1 Å². The van der Waals surface area contributed by atoms with Crippen LogP contribution in [-0.2, 0) is 9.59 Å². The smallest absolute Gasteiger partial charge is 0.225 e. The van der Waals surface area contributed by atoms with E-state index >= 15 is 0 Å². The van der Waals surface area contributed by atoms with Gasteiger partial charge in [0.2, 0.25) is 12.3 Å². The van der Waals surface area contributed by atoms with E-state index < -0.39 is 6.89 Å². The zero-order chi connectivity index (χ0) is 20.7. The molecule has 0 saturated heterocycles. The SMILES string of the molecule is CC(=O)N(C=O)CCC(C)=P(c1ccccc1)(c1ccccc1)c1ccccc1. The first-order valence-electron chi connectivity index (χ1n) is 9.72. The zero-order valence-corrected chi connectivity index (χ0v) is 17.8. The Kier molecular flexibility index (Phi) is 6.85. The van der Waals surface area contributed by atoms with Crippen molar-refractivity contribution in [2.24, 2.45) is 0 Å². The van der Waals surface area contributed by atoms with Gasteiger partial charge in [-0.2, -0.15) is 0 Å². The summed E-state index contributed by atoms with van der Waals surface area (Å²) in [4.78, 5) is 24.3. The maximum Gasteiger partial charge on any atom is 0.225 e. The average Bonchev–Trinajstić information content (AvgIpc) is 2.77. The third-order valence-electron chi connectivity index (χ3n) is 5.25. The zero-order valence-electron chi connectivity index (χ0n) is 16.9. The predicted molar refractivity (Wildman–Crippen MR) is 124 cm³/mol. The van der Waals surface area contributed by atoms with Crippen LogP contribution < -0.4 is 15.9 Å².